The third-order valence-corrected chi connectivity index (χ3v) is 5.63. The van der Waals surface area contributed by atoms with Gasteiger partial charge in [-0.05, 0) is 44.2 Å². The van der Waals surface area contributed by atoms with Crippen molar-refractivity contribution in [2.45, 2.75) is 50.6 Å². The molecule has 2 amide bonds. The molecule has 1 atom stereocenters. The molecule has 1 aromatic rings. The van der Waals surface area contributed by atoms with E-state index in [2.05, 4.69) is 10.1 Å². The van der Waals surface area contributed by atoms with Gasteiger partial charge >= 0.3 is 6.36 Å². The maximum absolute atomic E-state index is 12.7. The highest BCUT2D eigenvalue weighted by Crippen LogP contribution is 2.32. The molecule has 0 spiro atoms. The van der Waals surface area contributed by atoms with Crippen molar-refractivity contribution in [2.75, 3.05) is 13.1 Å². The first-order valence-electron chi connectivity index (χ1n) is 9.76. The van der Waals surface area contributed by atoms with E-state index < -0.39 is 23.6 Å². The van der Waals surface area contributed by atoms with Crippen LogP contribution in [-0.2, 0) is 16.1 Å². The maximum Gasteiger partial charge on any atom is 0.573 e. The van der Waals surface area contributed by atoms with Crippen molar-refractivity contribution in [1.82, 2.24) is 10.2 Å². The Kier molecular flexibility index (Phi) is 6.22. The van der Waals surface area contributed by atoms with E-state index in [0.29, 0.717) is 32.2 Å². The van der Waals surface area contributed by atoms with E-state index in [1.807, 2.05) is 0 Å². The molecule has 162 valence electrons. The largest absolute Gasteiger partial charge is 0.573 e. The monoisotopic (exact) mass is 424 g/mol. The third-order valence-electron chi connectivity index (χ3n) is 5.63. The number of amides is 2. The number of piperidine rings is 1. The van der Waals surface area contributed by atoms with Gasteiger partial charge in [-0.2, -0.15) is 5.26 Å². The number of halogens is 3. The van der Waals surface area contributed by atoms with Crippen LogP contribution < -0.4 is 15.8 Å². The minimum absolute atomic E-state index is 0.0115. The molecular formula is C20H23F3N4O3. The highest BCUT2D eigenvalue weighted by Gasteiger charge is 2.44. The van der Waals surface area contributed by atoms with Gasteiger partial charge in [-0.3, -0.25) is 9.59 Å². The van der Waals surface area contributed by atoms with Crippen LogP contribution in [0.4, 0.5) is 13.2 Å². The summed E-state index contributed by atoms with van der Waals surface area (Å²) in [7, 11) is 0. The Bertz CT molecular complexity index is 862. The van der Waals surface area contributed by atoms with Gasteiger partial charge in [0.2, 0.25) is 11.8 Å². The standard InChI is InChI=1S/C20H23F3N4O3/c21-20(22,23)30-16-9-13(10-24)4-5-14(16)11-26-17(28)15-3-1-8-27(12-15)18(29)19(25)6-2-7-19/h4-5,9,15H,1-3,6-8,11-12,25H2,(H,26,28). The van der Waals surface area contributed by atoms with Crippen LogP contribution in [0.1, 0.15) is 43.2 Å². The van der Waals surface area contributed by atoms with E-state index in [4.69, 9.17) is 11.0 Å². The Morgan fingerprint density at radius 3 is 2.67 bits per heavy atom. The molecule has 1 aliphatic heterocycles. The van der Waals surface area contributed by atoms with E-state index in [-0.39, 0.29) is 36.0 Å². The van der Waals surface area contributed by atoms with Gasteiger partial charge in [-0.15, -0.1) is 13.2 Å². The molecule has 1 aromatic carbocycles. The molecule has 3 rings (SSSR count). The molecule has 3 N–H and O–H groups in total. The van der Waals surface area contributed by atoms with Gasteiger partial charge in [0.15, 0.2) is 0 Å². The molecule has 0 aromatic heterocycles. The molecule has 1 saturated carbocycles. The Morgan fingerprint density at radius 2 is 2.07 bits per heavy atom. The number of hydrogen-bond donors (Lipinski definition) is 2. The van der Waals surface area contributed by atoms with Crippen molar-refractivity contribution < 1.29 is 27.5 Å². The first-order valence-corrected chi connectivity index (χ1v) is 9.76. The van der Waals surface area contributed by atoms with Gasteiger partial charge in [0.1, 0.15) is 5.75 Å². The second-order valence-corrected chi connectivity index (χ2v) is 7.80. The number of nitrogens with two attached hydrogens (primary N) is 1. The number of nitrogens with one attached hydrogen (secondary N) is 1. The average molecular weight is 424 g/mol. The average Bonchev–Trinajstić information content (AvgIpc) is 2.69. The molecule has 10 heteroatoms. The van der Waals surface area contributed by atoms with Crippen LogP contribution in [0.2, 0.25) is 0 Å². The number of carbonyl (C=O) groups excluding carboxylic acids is 2. The SMILES string of the molecule is N#Cc1ccc(CNC(=O)C2CCCN(C(=O)C3(N)CCC3)C2)c(OC(F)(F)F)c1. The summed E-state index contributed by atoms with van der Waals surface area (Å²) in [6.45, 7) is 0.588. The third kappa shape index (κ3) is 5.02. The van der Waals surface area contributed by atoms with Gasteiger partial charge < -0.3 is 20.7 Å². The molecule has 2 fully saturated rings. The number of nitriles is 1. The van der Waals surface area contributed by atoms with Crippen LogP contribution in [-0.4, -0.2) is 41.7 Å². The van der Waals surface area contributed by atoms with E-state index in [0.717, 1.165) is 12.5 Å². The lowest BCUT2D eigenvalue weighted by Crippen LogP contribution is -2.61. The summed E-state index contributed by atoms with van der Waals surface area (Å²) < 4.78 is 42.0. The lowest BCUT2D eigenvalue weighted by molar-refractivity contribution is -0.274. The van der Waals surface area contributed by atoms with Crippen LogP contribution in [0, 0.1) is 17.2 Å². The molecule has 1 unspecified atom stereocenters. The number of carbonyl (C=O) groups is 2. The molecular weight excluding hydrogens is 401 g/mol. The summed E-state index contributed by atoms with van der Waals surface area (Å²) in [6.07, 6.45) is -1.50. The first-order chi connectivity index (χ1) is 14.1. The second-order valence-electron chi connectivity index (χ2n) is 7.80. The number of alkyl halides is 3. The number of nitrogens with zero attached hydrogens (tertiary/aromatic N) is 2. The summed E-state index contributed by atoms with van der Waals surface area (Å²) in [5, 5.41) is 11.5. The summed E-state index contributed by atoms with van der Waals surface area (Å²) >= 11 is 0. The highest BCUT2D eigenvalue weighted by atomic mass is 19.4. The number of ether oxygens (including phenoxy) is 1. The van der Waals surface area contributed by atoms with Gasteiger partial charge in [0, 0.05) is 25.2 Å². The molecule has 2 aliphatic rings. The lowest BCUT2D eigenvalue weighted by Gasteiger charge is -2.42. The zero-order chi connectivity index (χ0) is 21.9. The Hall–Kier alpha value is -2.80. The van der Waals surface area contributed by atoms with Gasteiger partial charge in [-0.1, -0.05) is 6.07 Å². The predicted molar refractivity (Wildman–Crippen MR) is 99.8 cm³/mol. The Labute approximate surface area is 172 Å². The van der Waals surface area contributed by atoms with Crippen molar-refractivity contribution in [3.05, 3.63) is 29.3 Å². The normalized spacial score (nSPS) is 20.6. The zero-order valence-corrected chi connectivity index (χ0v) is 16.3. The fourth-order valence-electron chi connectivity index (χ4n) is 3.78. The summed E-state index contributed by atoms with van der Waals surface area (Å²) in [6, 6.07) is 5.40. The van der Waals surface area contributed by atoms with Gasteiger partial charge in [-0.25, -0.2) is 0 Å². The molecule has 0 radical (unpaired) electrons. The predicted octanol–water partition coefficient (Wildman–Crippen LogP) is 2.19. The van der Waals surface area contributed by atoms with E-state index in [1.54, 1.807) is 11.0 Å². The molecule has 1 saturated heterocycles. The number of likely N-dealkylation sites (tertiary alicyclic amines) is 1. The highest BCUT2D eigenvalue weighted by molar-refractivity contribution is 5.88. The quantitative estimate of drug-likeness (QED) is 0.753. The number of benzene rings is 1. The Morgan fingerprint density at radius 1 is 1.33 bits per heavy atom. The minimum atomic E-state index is -4.92. The van der Waals surface area contributed by atoms with Crippen molar-refractivity contribution in [1.29, 1.82) is 5.26 Å². The van der Waals surface area contributed by atoms with Crippen LogP contribution in [0.15, 0.2) is 18.2 Å². The summed E-state index contributed by atoms with van der Waals surface area (Å²) in [5.41, 5.74) is 5.38. The van der Waals surface area contributed by atoms with Crippen LogP contribution >= 0.6 is 0 Å². The van der Waals surface area contributed by atoms with Crippen LogP contribution in [0.5, 0.6) is 5.75 Å². The molecule has 1 aliphatic carbocycles. The smallest absolute Gasteiger partial charge is 0.405 e. The number of hydrogen-bond acceptors (Lipinski definition) is 5. The van der Waals surface area contributed by atoms with Crippen molar-refractivity contribution >= 4 is 11.8 Å². The first kappa shape index (κ1) is 21.9. The number of rotatable bonds is 5. The topological polar surface area (TPSA) is 108 Å². The zero-order valence-electron chi connectivity index (χ0n) is 16.3. The van der Waals surface area contributed by atoms with Crippen molar-refractivity contribution in [3.63, 3.8) is 0 Å². The van der Waals surface area contributed by atoms with E-state index in [9.17, 15) is 22.8 Å². The van der Waals surface area contributed by atoms with Gasteiger partial charge in [0.25, 0.3) is 0 Å². The summed E-state index contributed by atoms with van der Waals surface area (Å²) in [4.78, 5) is 26.8. The molecule has 1 heterocycles. The minimum Gasteiger partial charge on any atom is -0.405 e. The fraction of sp³-hybridized carbons (Fsp3) is 0.550. The molecule has 7 nitrogen and oxygen atoms in total. The second kappa shape index (κ2) is 8.52. The van der Waals surface area contributed by atoms with Crippen molar-refractivity contribution in [3.8, 4) is 11.8 Å². The molecule has 0 bridgehead atoms. The fourth-order valence-corrected chi connectivity index (χ4v) is 3.78. The maximum atomic E-state index is 12.7. The van der Waals surface area contributed by atoms with E-state index >= 15 is 0 Å². The summed E-state index contributed by atoms with van der Waals surface area (Å²) in [5.74, 6) is -1.48. The van der Waals surface area contributed by atoms with Crippen molar-refractivity contribution in [2.24, 2.45) is 11.7 Å². The van der Waals surface area contributed by atoms with E-state index in [1.165, 1.54) is 12.1 Å². The van der Waals surface area contributed by atoms with Crippen LogP contribution in [0.25, 0.3) is 0 Å². The lowest BCUT2D eigenvalue weighted by atomic mass is 9.76. The van der Waals surface area contributed by atoms with Gasteiger partial charge in [0.05, 0.1) is 23.1 Å². The Balaban J connectivity index is 1.62. The molecule has 30 heavy (non-hydrogen) atoms. The van der Waals surface area contributed by atoms with Crippen LogP contribution in [0.3, 0.4) is 0 Å².